The van der Waals surface area contributed by atoms with Crippen LogP contribution in [0.5, 0.6) is 0 Å². The number of carbonyl (C=O) groups is 1. The minimum Gasteiger partial charge on any atom is -0.478 e. The van der Waals surface area contributed by atoms with Crippen LogP contribution >= 0.6 is 0 Å². The van der Waals surface area contributed by atoms with Crippen molar-refractivity contribution < 1.29 is 28.2 Å². The molecule has 0 saturated heterocycles. The van der Waals surface area contributed by atoms with Gasteiger partial charge in [0.15, 0.2) is 0 Å². The van der Waals surface area contributed by atoms with E-state index in [9.17, 15) is 23.1 Å². The fourth-order valence-corrected chi connectivity index (χ4v) is 1.99. The van der Waals surface area contributed by atoms with E-state index in [1.807, 2.05) is 13.8 Å². The summed E-state index contributed by atoms with van der Waals surface area (Å²) in [6.45, 7) is 3.61. The van der Waals surface area contributed by atoms with E-state index in [1.54, 1.807) is 0 Å². The summed E-state index contributed by atoms with van der Waals surface area (Å²) >= 11 is 0. The summed E-state index contributed by atoms with van der Waals surface area (Å²) in [6, 6.07) is 2.07. The highest BCUT2D eigenvalue weighted by Gasteiger charge is 2.32. The van der Waals surface area contributed by atoms with E-state index in [0.717, 1.165) is 12.1 Å². The van der Waals surface area contributed by atoms with Crippen LogP contribution in [-0.2, 0) is 6.18 Å². The maximum absolute atomic E-state index is 12.6. The van der Waals surface area contributed by atoms with Gasteiger partial charge in [0.2, 0.25) is 0 Å². The summed E-state index contributed by atoms with van der Waals surface area (Å²) < 4.78 is 37.8. The Bertz CT molecular complexity index is 501. The lowest BCUT2D eigenvalue weighted by Crippen LogP contribution is -2.26. The molecule has 0 bridgehead atoms. The van der Waals surface area contributed by atoms with Gasteiger partial charge in [-0.15, -0.1) is 0 Å². The molecule has 0 aliphatic rings. The lowest BCUT2D eigenvalue weighted by atomic mass is 10.0. The van der Waals surface area contributed by atoms with Crippen LogP contribution < -0.4 is 5.32 Å². The molecule has 118 valence electrons. The summed E-state index contributed by atoms with van der Waals surface area (Å²) in [5, 5.41) is 21.1. The lowest BCUT2D eigenvalue weighted by Gasteiger charge is -2.21. The largest absolute Gasteiger partial charge is 0.478 e. The van der Waals surface area contributed by atoms with Crippen LogP contribution in [0.15, 0.2) is 18.2 Å². The van der Waals surface area contributed by atoms with Crippen LogP contribution in [0.1, 0.15) is 36.2 Å². The number of aliphatic hydroxyl groups is 1. The van der Waals surface area contributed by atoms with Gasteiger partial charge < -0.3 is 15.5 Å². The number of aliphatic hydroxyl groups excluding tert-OH is 1. The second-order valence-corrected chi connectivity index (χ2v) is 5.22. The van der Waals surface area contributed by atoms with Gasteiger partial charge in [-0.1, -0.05) is 13.8 Å². The Kier molecular flexibility index (Phi) is 5.60. The number of hydrogen-bond donors (Lipinski definition) is 3. The first-order chi connectivity index (χ1) is 9.65. The number of alkyl halides is 3. The van der Waals surface area contributed by atoms with E-state index in [4.69, 9.17) is 5.11 Å². The molecule has 0 fully saturated rings. The van der Waals surface area contributed by atoms with Gasteiger partial charge in [0.25, 0.3) is 0 Å². The van der Waals surface area contributed by atoms with Crippen molar-refractivity contribution in [3.8, 4) is 0 Å². The average Bonchev–Trinajstić information content (AvgIpc) is 2.36. The Labute approximate surface area is 120 Å². The molecule has 1 atom stereocenters. The number of carboxylic acids is 1. The molecule has 7 heteroatoms. The normalized spacial score (nSPS) is 13.3. The predicted octanol–water partition coefficient (Wildman–Crippen LogP) is 3.22. The number of carboxylic acid groups (broad SMARTS) is 1. The van der Waals surface area contributed by atoms with Crippen LogP contribution in [0.4, 0.5) is 18.9 Å². The average molecular weight is 305 g/mol. The lowest BCUT2D eigenvalue weighted by molar-refractivity contribution is -0.137. The third-order valence-electron chi connectivity index (χ3n) is 2.91. The first kappa shape index (κ1) is 17.3. The van der Waals surface area contributed by atoms with Gasteiger partial charge in [0.05, 0.1) is 17.7 Å². The number of aromatic carboxylic acids is 1. The van der Waals surface area contributed by atoms with E-state index in [1.165, 1.54) is 0 Å². The van der Waals surface area contributed by atoms with Crippen LogP contribution in [0.3, 0.4) is 0 Å². The number of hydrogen-bond acceptors (Lipinski definition) is 3. The van der Waals surface area contributed by atoms with Crippen molar-refractivity contribution in [1.29, 1.82) is 0 Å². The van der Waals surface area contributed by atoms with Gasteiger partial charge in [0, 0.05) is 11.7 Å². The van der Waals surface area contributed by atoms with Crippen LogP contribution in [0.2, 0.25) is 0 Å². The molecule has 0 aliphatic carbocycles. The summed E-state index contributed by atoms with van der Waals surface area (Å²) in [5.74, 6) is -1.21. The van der Waals surface area contributed by atoms with Gasteiger partial charge in [-0.2, -0.15) is 13.2 Å². The molecule has 0 amide bonds. The molecule has 21 heavy (non-hydrogen) atoms. The van der Waals surface area contributed by atoms with Gasteiger partial charge in [0.1, 0.15) is 0 Å². The topological polar surface area (TPSA) is 69.6 Å². The molecule has 3 N–H and O–H groups in total. The number of nitrogens with one attached hydrogen (secondary N) is 1. The van der Waals surface area contributed by atoms with Crippen molar-refractivity contribution in [1.82, 2.24) is 0 Å². The highest BCUT2D eigenvalue weighted by molar-refractivity contribution is 5.94. The van der Waals surface area contributed by atoms with E-state index in [0.29, 0.717) is 12.5 Å². The van der Waals surface area contributed by atoms with Gasteiger partial charge in [-0.3, -0.25) is 0 Å². The Morgan fingerprint density at radius 3 is 2.38 bits per heavy atom. The molecule has 1 unspecified atom stereocenters. The van der Waals surface area contributed by atoms with Gasteiger partial charge in [-0.25, -0.2) is 4.79 Å². The second kappa shape index (κ2) is 6.80. The Balaban J connectivity index is 3.09. The fraction of sp³-hybridized carbons (Fsp3) is 0.500. The van der Waals surface area contributed by atoms with E-state index in [2.05, 4.69) is 5.32 Å². The highest BCUT2D eigenvalue weighted by atomic mass is 19.4. The van der Waals surface area contributed by atoms with Crippen molar-refractivity contribution >= 4 is 11.7 Å². The molecular weight excluding hydrogens is 287 g/mol. The Morgan fingerprint density at radius 2 is 1.95 bits per heavy atom. The van der Waals surface area contributed by atoms with Crippen molar-refractivity contribution in [2.45, 2.75) is 32.5 Å². The first-order valence-corrected chi connectivity index (χ1v) is 6.47. The maximum atomic E-state index is 12.6. The van der Waals surface area contributed by atoms with E-state index in [-0.39, 0.29) is 18.2 Å². The molecule has 1 aromatic rings. The SMILES string of the molecule is CC(C)CC(CO)Nc1ccc(C(F)(F)F)cc1C(=O)O. The molecule has 0 radical (unpaired) electrons. The van der Waals surface area contributed by atoms with Gasteiger partial charge >= 0.3 is 12.1 Å². The molecule has 0 heterocycles. The zero-order valence-corrected chi connectivity index (χ0v) is 11.7. The quantitative estimate of drug-likeness (QED) is 0.755. The molecule has 1 aromatic carbocycles. The summed E-state index contributed by atoms with van der Waals surface area (Å²) in [5.41, 5.74) is -1.42. The molecule has 0 spiro atoms. The third kappa shape index (κ3) is 4.93. The highest BCUT2D eigenvalue weighted by Crippen LogP contribution is 2.32. The Morgan fingerprint density at radius 1 is 1.33 bits per heavy atom. The zero-order valence-electron chi connectivity index (χ0n) is 11.7. The first-order valence-electron chi connectivity index (χ1n) is 6.47. The predicted molar refractivity (Wildman–Crippen MR) is 72.4 cm³/mol. The number of rotatable bonds is 6. The molecule has 4 nitrogen and oxygen atoms in total. The van der Waals surface area contributed by atoms with Crippen LogP contribution in [0.25, 0.3) is 0 Å². The smallest absolute Gasteiger partial charge is 0.416 e. The standard InChI is InChI=1S/C14H18F3NO3/c1-8(2)5-10(7-19)18-12-4-3-9(14(15,16)17)6-11(12)13(20)21/h3-4,6,8,10,18-19H,5,7H2,1-2H3,(H,20,21). The minimum absolute atomic E-state index is 0.0650. The summed E-state index contributed by atoms with van der Waals surface area (Å²) in [4.78, 5) is 11.1. The van der Waals surface area contributed by atoms with Crippen molar-refractivity contribution in [3.63, 3.8) is 0 Å². The fourth-order valence-electron chi connectivity index (χ4n) is 1.99. The number of anilines is 1. The van der Waals surface area contributed by atoms with Crippen molar-refractivity contribution in [3.05, 3.63) is 29.3 Å². The zero-order chi connectivity index (χ0) is 16.2. The molecule has 0 aliphatic heterocycles. The third-order valence-corrected chi connectivity index (χ3v) is 2.91. The second-order valence-electron chi connectivity index (χ2n) is 5.22. The molecule has 0 aromatic heterocycles. The maximum Gasteiger partial charge on any atom is 0.416 e. The molecule has 0 saturated carbocycles. The Hall–Kier alpha value is -1.76. The van der Waals surface area contributed by atoms with Crippen molar-refractivity contribution in [2.24, 2.45) is 5.92 Å². The summed E-state index contributed by atoms with van der Waals surface area (Å²) in [6.07, 6.45) is -4.03. The summed E-state index contributed by atoms with van der Waals surface area (Å²) in [7, 11) is 0. The molecule has 1 rings (SSSR count). The monoisotopic (exact) mass is 305 g/mol. The van der Waals surface area contributed by atoms with Crippen molar-refractivity contribution in [2.75, 3.05) is 11.9 Å². The number of benzene rings is 1. The minimum atomic E-state index is -4.60. The van der Waals surface area contributed by atoms with Crippen LogP contribution in [0, 0.1) is 5.92 Å². The molecular formula is C14H18F3NO3. The number of halogens is 3. The van der Waals surface area contributed by atoms with E-state index >= 15 is 0 Å². The van der Waals surface area contributed by atoms with E-state index < -0.39 is 29.3 Å². The van der Waals surface area contributed by atoms with Gasteiger partial charge in [-0.05, 0) is 30.5 Å². The van der Waals surface area contributed by atoms with Crippen LogP contribution in [-0.4, -0.2) is 28.8 Å².